The number of hydrogen-bond donors (Lipinski definition) is 2. The molecule has 1 aromatic rings. The molecular weight excluding hydrogens is 290 g/mol. The van der Waals surface area contributed by atoms with E-state index < -0.39 is 11.5 Å². The minimum Gasteiger partial charge on any atom is -0.480 e. The van der Waals surface area contributed by atoms with Crippen LogP contribution in [0.5, 0.6) is 0 Å². The fourth-order valence-corrected chi connectivity index (χ4v) is 2.92. The average molecular weight is 306 g/mol. The molecular formula is C11H16BrNO2S. The maximum absolute atomic E-state index is 11.2. The van der Waals surface area contributed by atoms with Crippen molar-refractivity contribution in [3.05, 3.63) is 20.8 Å². The molecule has 0 aliphatic carbocycles. The van der Waals surface area contributed by atoms with Crippen molar-refractivity contribution in [3.8, 4) is 0 Å². The largest absolute Gasteiger partial charge is 0.480 e. The van der Waals surface area contributed by atoms with E-state index in [0.29, 0.717) is 13.0 Å². The van der Waals surface area contributed by atoms with Crippen LogP contribution in [0.3, 0.4) is 0 Å². The van der Waals surface area contributed by atoms with E-state index in [0.717, 1.165) is 15.1 Å². The van der Waals surface area contributed by atoms with Gasteiger partial charge in [0.25, 0.3) is 0 Å². The molecule has 0 radical (unpaired) electrons. The third-order valence-electron chi connectivity index (χ3n) is 2.50. The minimum atomic E-state index is -0.828. The van der Waals surface area contributed by atoms with Crippen LogP contribution in [0.1, 0.15) is 31.6 Å². The molecule has 1 heterocycles. The van der Waals surface area contributed by atoms with Crippen LogP contribution < -0.4 is 5.32 Å². The number of carboxylic acids is 1. The van der Waals surface area contributed by atoms with Crippen molar-refractivity contribution in [2.24, 2.45) is 0 Å². The van der Waals surface area contributed by atoms with Gasteiger partial charge in [-0.05, 0) is 41.4 Å². The molecule has 0 aliphatic heterocycles. The highest BCUT2D eigenvalue weighted by molar-refractivity contribution is 9.11. The van der Waals surface area contributed by atoms with Crippen molar-refractivity contribution >= 4 is 33.2 Å². The zero-order valence-corrected chi connectivity index (χ0v) is 11.8. The molecule has 1 atom stereocenters. The monoisotopic (exact) mass is 305 g/mol. The Kier molecular flexibility index (Phi) is 4.95. The van der Waals surface area contributed by atoms with Gasteiger partial charge in [0.1, 0.15) is 5.54 Å². The van der Waals surface area contributed by atoms with Gasteiger partial charge in [0.05, 0.1) is 3.79 Å². The van der Waals surface area contributed by atoms with Gasteiger partial charge < -0.3 is 5.11 Å². The van der Waals surface area contributed by atoms with Crippen LogP contribution in [0.15, 0.2) is 15.9 Å². The van der Waals surface area contributed by atoms with Crippen LogP contribution >= 0.6 is 27.3 Å². The summed E-state index contributed by atoms with van der Waals surface area (Å²) in [5.41, 5.74) is -0.828. The zero-order valence-electron chi connectivity index (χ0n) is 9.42. The van der Waals surface area contributed by atoms with E-state index in [1.165, 1.54) is 0 Å². The number of thiophene rings is 1. The number of carbonyl (C=O) groups is 1. The molecule has 90 valence electrons. The normalized spacial score (nSPS) is 14.7. The minimum absolute atomic E-state index is 0.596. The second-order valence-electron chi connectivity index (χ2n) is 3.95. The Bertz CT molecular complexity index is 367. The number of hydrogen-bond acceptors (Lipinski definition) is 3. The van der Waals surface area contributed by atoms with Crippen molar-refractivity contribution < 1.29 is 9.90 Å². The van der Waals surface area contributed by atoms with E-state index in [1.54, 1.807) is 18.3 Å². The van der Waals surface area contributed by atoms with Crippen LogP contribution in [0, 0.1) is 0 Å². The maximum atomic E-state index is 11.2. The molecule has 0 saturated carbocycles. The van der Waals surface area contributed by atoms with Crippen LogP contribution in [-0.4, -0.2) is 16.6 Å². The third kappa shape index (κ3) is 3.57. The summed E-state index contributed by atoms with van der Waals surface area (Å²) in [7, 11) is 0. The first-order valence-electron chi connectivity index (χ1n) is 5.20. The molecule has 0 bridgehead atoms. The van der Waals surface area contributed by atoms with Crippen LogP contribution in [0.4, 0.5) is 0 Å². The lowest BCUT2D eigenvalue weighted by molar-refractivity contribution is -0.144. The number of nitrogens with one attached hydrogen (secondary N) is 1. The third-order valence-corrected chi connectivity index (χ3v) is 4.13. The van der Waals surface area contributed by atoms with Crippen molar-refractivity contribution in [2.75, 3.05) is 0 Å². The molecule has 1 unspecified atom stereocenters. The topological polar surface area (TPSA) is 49.3 Å². The van der Waals surface area contributed by atoms with Gasteiger partial charge >= 0.3 is 5.97 Å². The Balaban J connectivity index is 2.60. The SMILES string of the molecule is CCCC(C)(NCc1ccc(Br)s1)C(=O)O. The van der Waals surface area contributed by atoms with Crippen molar-refractivity contribution in [1.29, 1.82) is 0 Å². The van der Waals surface area contributed by atoms with Crippen molar-refractivity contribution in [3.63, 3.8) is 0 Å². The van der Waals surface area contributed by atoms with Crippen molar-refractivity contribution in [1.82, 2.24) is 5.32 Å². The molecule has 0 fully saturated rings. The molecule has 5 heteroatoms. The molecule has 1 aromatic heterocycles. The fourth-order valence-electron chi connectivity index (χ4n) is 1.50. The second kappa shape index (κ2) is 5.80. The van der Waals surface area contributed by atoms with Crippen LogP contribution in [0.2, 0.25) is 0 Å². The summed E-state index contributed by atoms with van der Waals surface area (Å²) in [6.45, 7) is 4.32. The number of aliphatic carboxylic acids is 1. The molecule has 0 aliphatic rings. The quantitative estimate of drug-likeness (QED) is 0.848. The molecule has 16 heavy (non-hydrogen) atoms. The highest BCUT2D eigenvalue weighted by atomic mass is 79.9. The highest BCUT2D eigenvalue weighted by Gasteiger charge is 2.31. The molecule has 0 amide bonds. The smallest absolute Gasteiger partial charge is 0.323 e. The molecule has 3 nitrogen and oxygen atoms in total. The van der Waals surface area contributed by atoms with Crippen LogP contribution in [-0.2, 0) is 11.3 Å². The predicted octanol–water partition coefficient (Wildman–Crippen LogP) is 3.24. The maximum Gasteiger partial charge on any atom is 0.323 e. The van der Waals surface area contributed by atoms with E-state index in [4.69, 9.17) is 0 Å². The molecule has 1 rings (SSSR count). The van der Waals surface area contributed by atoms with Gasteiger partial charge in [-0.2, -0.15) is 0 Å². The summed E-state index contributed by atoms with van der Waals surface area (Å²) < 4.78 is 1.07. The molecule has 0 aromatic carbocycles. The van der Waals surface area contributed by atoms with E-state index in [-0.39, 0.29) is 0 Å². The first-order chi connectivity index (χ1) is 7.48. The molecule has 2 N–H and O–H groups in total. The van der Waals surface area contributed by atoms with Crippen LogP contribution in [0.25, 0.3) is 0 Å². The first-order valence-corrected chi connectivity index (χ1v) is 6.81. The Morgan fingerprint density at radius 1 is 1.62 bits per heavy atom. The Morgan fingerprint density at radius 2 is 2.31 bits per heavy atom. The van der Waals surface area contributed by atoms with Gasteiger partial charge in [0.15, 0.2) is 0 Å². The summed E-state index contributed by atoms with van der Waals surface area (Å²) in [5, 5.41) is 12.3. The van der Waals surface area contributed by atoms with Crippen molar-refractivity contribution in [2.45, 2.75) is 38.8 Å². The predicted molar refractivity (Wildman–Crippen MR) is 69.8 cm³/mol. The van der Waals surface area contributed by atoms with Gasteiger partial charge in [0.2, 0.25) is 0 Å². The fraction of sp³-hybridized carbons (Fsp3) is 0.545. The van der Waals surface area contributed by atoms with Gasteiger partial charge in [-0.15, -0.1) is 11.3 Å². The lowest BCUT2D eigenvalue weighted by atomic mass is 9.96. The van der Waals surface area contributed by atoms with Gasteiger partial charge in [-0.1, -0.05) is 13.3 Å². The Hall–Kier alpha value is -0.390. The summed E-state index contributed by atoms with van der Waals surface area (Å²) >= 11 is 5.01. The standard InChI is InChI=1S/C11H16BrNO2S/c1-3-6-11(2,10(14)15)13-7-8-4-5-9(12)16-8/h4-5,13H,3,6-7H2,1-2H3,(H,14,15). The second-order valence-corrected chi connectivity index (χ2v) is 6.49. The van der Waals surface area contributed by atoms with E-state index in [1.807, 2.05) is 19.1 Å². The number of carboxylic acid groups (broad SMARTS) is 1. The van der Waals surface area contributed by atoms with Gasteiger partial charge in [-0.25, -0.2) is 0 Å². The van der Waals surface area contributed by atoms with E-state index >= 15 is 0 Å². The molecule has 0 spiro atoms. The first kappa shape index (κ1) is 13.7. The number of rotatable bonds is 6. The summed E-state index contributed by atoms with van der Waals surface area (Å²) in [6, 6.07) is 3.97. The van der Waals surface area contributed by atoms with E-state index in [9.17, 15) is 9.90 Å². The summed E-state index contributed by atoms with van der Waals surface area (Å²) in [4.78, 5) is 12.3. The summed E-state index contributed by atoms with van der Waals surface area (Å²) in [6.07, 6.45) is 1.48. The van der Waals surface area contributed by atoms with Gasteiger partial charge in [-0.3, -0.25) is 10.1 Å². The lowest BCUT2D eigenvalue weighted by Crippen LogP contribution is -2.48. The zero-order chi connectivity index (χ0) is 12.2. The van der Waals surface area contributed by atoms with E-state index in [2.05, 4.69) is 21.2 Å². The lowest BCUT2D eigenvalue weighted by Gasteiger charge is -2.25. The molecule has 0 saturated heterocycles. The highest BCUT2D eigenvalue weighted by Crippen LogP contribution is 2.23. The Morgan fingerprint density at radius 3 is 2.75 bits per heavy atom. The number of halogens is 1. The van der Waals surface area contributed by atoms with Gasteiger partial charge in [0, 0.05) is 11.4 Å². The average Bonchev–Trinajstić information content (AvgIpc) is 2.61. The summed E-state index contributed by atoms with van der Waals surface area (Å²) in [5.74, 6) is -0.787. The Labute approximate surface area is 108 Å².